The highest BCUT2D eigenvalue weighted by molar-refractivity contribution is 5.98. The number of benzene rings is 1. The van der Waals surface area contributed by atoms with Crippen LogP contribution in [0.4, 0.5) is 0 Å². The zero-order chi connectivity index (χ0) is 48.9. The molecule has 18 nitrogen and oxygen atoms in total. The maximum absolute atomic E-state index is 15.0. The Morgan fingerprint density at radius 3 is 1.77 bits per heavy atom. The predicted molar refractivity (Wildman–Crippen MR) is 245 cm³/mol. The highest BCUT2D eigenvalue weighted by atomic mass is 16.5. The van der Waals surface area contributed by atoms with Gasteiger partial charge in [0.15, 0.2) is 0 Å². The largest absolute Gasteiger partial charge is 0.391 e. The molecule has 3 rings (SSSR count). The van der Waals surface area contributed by atoms with Crippen LogP contribution in [0.2, 0.25) is 0 Å². The van der Waals surface area contributed by atoms with Gasteiger partial charge in [-0.05, 0) is 77.2 Å². The predicted octanol–water partition coefficient (Wildman–Crippen LogP) is 1.33. The van der Waals surface area contributed by atoms with Gasteiger partial charge in [-0.15, -0.1) is 0 Å². The van der Waals surface area contributed by atoms with Crippen LogP contribution in [-0.4, -0.2) is 179 Å². The minimum absolute atomic E-state index is 0.0274. The van der Waals surface area contributed by atoms with E-state index in [0.717, 1.165) is 29.1 Å². The fourth-order valence-electron chi connectivity index (χ4n) is 7.98. The van der Waals surface area contributed by atoms with E-state index >= 15 is 4.79 Å². The summed E-state index contributed by atoms with van der Waals surface area (Å²) in [4.78, 5) is 121. The number of ether oxygens (including phenoxy) is 1. The Bertz CT molecular complexity index is 1810. The molecule has 8 amide bonds. The van der Waals surface area contributed by atoms with Gasteiger partial charge in [0.2, 0.25) is 47.3 Å². The monoisotopic (exact) mass is 913 g/mol. The van der Waals surface area contributed by atoms with Crippen molar-refractivity contribution in [3.05, 3.63) is 35.9 Å². The second-order valence-electron chi connectivity index (χ2n) is 19.5. The van der Waals surface area contributed by atoms with Gasteiger partial charge >= 0.3 is 0 Å². The molecule has 1 aromatic carbocycles. The van der Waals surface area contributed by atoms with E-state index in [1.165, 1.54) is 44.9 Å². The number of likely N-dealkylation sites (tertiary alicyclic amines) is 1. The zero-order valence-electron chi connectivity index (χ0n) is 40.7. The lowest BCUT2D eigenvalue weighted by atomic mass is 9.98. The number of piperidine rings is 1. The van der Waals surface area contributed by atoms with Crippen LogP contribution in [0.1, 0.15) is 99.5 Å². The summed E-state index contributed by atoms with van der Waals surface area (Å²) in [6.45, 7) is 14.1. The van der Waals surface area contributed by atoms with E-state index in [2.05, 4.69) is 16.0 Å². The summed E-state index contributed by atoms with van der Waals surface area (Å²) >= 11 is 0. The van der Waals surface area contributed by atoms with Crippen molar-refractivity contribution in [2.45, 2.75) is 148 Å². The van der Waals surface area contributed by atoms with E-state index in [9.17, 15) is 38.7 Å². The van der Waals surface area contributed by atoms with E-state index in [4.69, 9.17) is 4.74 Å². The van der Waals surface area contributed by atoms with E-state index in [1.54, 1.807) is 37.8 Å². The van der Waals surface area contributed by atoms with E-state index in [-0.39, 0.29) is 37.7 Å². The molecule has 0 bridgehead atoms. The third kappa shape index (κ3) is 16.1. The Labute approximate surface area is 385 Å². The third-order valence-corrected chi connectivity index (χ3v) is 11.8. The molecule has 1 aromatic rings. The number of amides is 8. The molecular weight excluding hydrogens is 837 g/mol. The summed E-state index contributed by atoms with van der Waals surface area (Å²) in [5.41, 5.74) is -0.0523. The molecule has 0 spiro atoms. The van der Waals surface area contributed by atoms with E-state index in [1.807, 2.05) is 45.9 Å². The Kier molecular flexibility index (Phi) is 20.4. The van der Waals surface area contributed by atoms with Gasteiger partial charge in [0.1, 0.15) is 36.3 Å². The summed E-state index contributed by atoms with van der Waals surface area (Å²) in [5, 5.41) is 18.9. The molecule has 0 saturated carbocycles. The number of hydrogen-bond acceptors (Lipinski definition) is 10. The number of nitrogens with one attached hydrogen (secondary N) is 3. The van der Waals surface area contributed by atoms with Crippen molar-refractivity contribution < 1.29 is 48.2 Å². The van der Waals surface area contributed by atoms with Crippen molar-refractivity contribution in [3.63, 3.8) is 0 Å². The van der Waals surface area contributed by atoms with Gasteiger partial charge in [0.05, 0.1) is 31.3 Å². The average Bonchev–Trinajstić information content (AvgIpc) is 3.24. The van der Waals surface area contributed by atoms with Crippen LogP contribution in [-0.2, 0) is 49.5 Å². The minimum Gasteiger partial charge on any atom is -0.391 e. The maximum atomic E-state index is 15.0. The van der Waals surface area contributed by atoms with Crippen LogP contribution < -0.4 is 16.0 Å². The van der Waals surface area contributed by atoms with Crippen LogP contribution in [0.25, 0.3) is 0 Å². The fourth-order valence-corrected chi connectivity index (χ4v) is 7.98. The van der Waals surface area contributed by atoms with Gasteiger partial charge in [0, 0.05) is 47.7 Å². The van der Waals surface area contributed by atoms with Crippen molar-refractivity contribution in [1.29, 1.82) is 0 Å². The van der Waals surface area contributed by atoms with Crippen molar-refractivity contribution in [3.8, 4) is 0 Å². The van der Waals surface area contributed by atoms with Crippen LogP contribution in [0, 0.1) is 11.8 Å². The number of likely N-dealkylation sites (N-methyl/N-ethyl adjacent to an activating group) is 4. The maximum Gasteiger partial charge on any atom is 0.248 e. The Morgan fingerprint density at radius 2 is 1.25 bits per heavy atom. The normalized spacial score (nSPS) is 25.3. The van der Waals surface area contributed by atoms with Gasteiger partial charge in [0.25, 0.3) is 0 Å². The number of aliphatic hydroxyl groups excluding tert-OH is 1. The molecule has 0 radical (unpaired) electrons. The second-order valence-corrected chi connectivity index (χ2v) is 19.5. The molecule has 65 heavy (non-hydrogen) atoms. The summed E-state index contributed by atoms with van der Waals surface area (Å²) < 4.78 is 6.08. The Morgan fingerprint density at radius 1 is 0.723 bits per heavy atom. The Hall–Kier alpha value is -5.10. The van der Waals surface area contributed by atoms with Gasteiger partial charge in [-0.25, -0.2) is 0 Å². The Balaban J connectivity index is 2.26. The molecular formula is C47H76N8O10. The summed E-state index contributed by atoms with van der Waals surface area (Å²) in [6, 6.07) is 1.21. The van der Waals surface area contributed by atoms with Gasteiger partial charge in [-0.1, -0.05) is 58.0 Å². The second kappa shape index (κ2) is 24.4. The molecule has 364 valence electrons. The molecule has 7 atom stereocenters. The van der Waals surface area contributed by atoms with Crippen LogP contribution in [0.5, 0.6) is 0 Å². The number of carbonyl (C=O) groups is 8. The standard InChI is InChI=1S/C47H76N8O10/c1-29(2)23-35-41(59)48-33(44(62)55-21-17-14-18-22-55)26-39(58)51(9)27-38(57)50-40(31(5)56)46(64)53(11)36(24-30(3)4)42(60)49-34(28-65-47(6,7)8)43(61)54(12)37(45(63)52(35)10)25-32-19-15-13-16-20-32/h13,15-16,19-20,29-31,33-37,40,56H,14,17-18,21-28H2,1-12H3,(H,48,59)(H,49,60)(H,50,57)/t31-,33+,34+,35+,36+,37+,40+/m1/s1. The molecule has 2 aliphatic rings. The van der Waals surface area contributed by atoms with E-state index < -0.39 is 108 Å². The summed E-state index contributed by atoms with van der Waals surface area (Å²) in [6.07, 6.45) is 0.759. The SMILES string of the molecule is CC(C)C[C@H]1C(=O)N[C@@H](COC(C)(C)C)C(=O)N(C)[C@@H](Cc2ccccc2)C(=O)N(C)[C@@H](CC(C)C)C(=O)N[C@H](C(=O)N2CCCCC2)CC(=O)N(C)CC(=O)N[C@@H]([C@@H](C)O)C(=O)N1C. The zero-order valence-corrected chi connectivity index (χ0v) is 40.7. The lowest BCUT2D eigenvalue weighted by Gasteiger charge is -2.38. The van der Waals surface area contributed by atoms with E-state index in [0.29, 0.717) is 18.7 Å². The number of hydrogen-bond donors (Lipinski definition) is 4. The number of rotatable bonds is 10. The topological polar surface area (TPSA) is 218 Å². The van der Waals surface area contributed by atoms with Crippen molar-refractivity contribution in [2.75, 3.05) is 54.4 Å². The van der Waals surface area contributed by atoms with Crippen LogP contribution in [0.3, 0.4) is 0 Å². The summed E-state index contributed by atoms with van der Waals surface area (Å²) in [7, 11) is 5.62. The third-order valence-electron chi connectivity index (χ3n) is 11.8. The van der Waals surface area contributed by atoms with Crippen LogP contribution >= 0.6 is 0 Å². The lowest BCUT2D eigenvalue weighted by Crippen LogP contribution is -2.62. The highest BCUT2D eigenvalue weighted by Gasteiger charge is 2.42. The molecule has 18 heteroatoms. The van der Waals surface area contributed by atoms with Crippen molar-refractivity contribution in [2.24, 2.45) is 11.8 Å². The van der Waals surface area contributed by atoms with Gasteiger partial charge in [-0.2, -0.15) is 0 Å². The molecule has 0 aliphatic carbocycles. The quantitative estimate of drug-likeness (QED) is 0.264. The fraction of sp³-hybridized carbons (Fsp3) is 0.702. The molecule has 2 fully saturated rings. The minimum atomic E-state index is -1.54. The number of aliphatic hydroxyl groups is 1. The molecule has 2 heterocycles. The lowest BCUT2D eigenvalue weighted by molar-refractivity contribution is -0.152. The molecule has 2 aliphatic heterocycles. The number of nitrogens with zero attached hydrogens (tertiary/aromatic N) is 5. The molecule has 0 unspecified atom stereocenters. The molecule has 2 saturated heterocycles. The first-order chi connectivity index (χ1) is 30.3. The van der Waals surface area contributed by atoms with Crippen molar-refractivity contribution in [1.82, 2.24) is 40.4 Å². The smallest absolute Gasteiger partial charge is 0.248 e. The van der Waals surface area contributed by atoms with Gasteiger partial charge < -0.3 is 50.3 Å². The van der Waals surface area contributed by atoms with Crippen molar-refractivity contribution >= 4 is 47.3 Å². The summed E-state index contributed by atoms with van der Waals surface area (Å²) in [5.74, 6) is -5.71. The first-order valence-corrected chi connectivity index (χ1v) is 22.9. The molecule has 0 aromatic heterocycles. The molecule has 4 N–H and O–H groups in total. The average molecular weight is 913 g/mol. The first kappa shape index (κ1) is 54.2. The van der Waals surface area contributed by atoms with Crippen LogP contribution in [0.15, 0.2) is 30.3 Å². The highest BCUT2D eigenvalue weighted by Crippen LogP contribution is 2.21. The van der Waals surface area contributed by atoms with Gasteiger partial charge in [-0.3, -0.25) is 38.4 Å². The number of carbonyl (C=O) groups excluding carboxylic acids is 8. The first-order valence-electron chi connectivity index (χ1n) is 22.9.